The van der Waals surface area contributed by atoms with Gasteiger partial charge in [-0.1, -0.05) is 6.92 Å². The van der Waals surface area contributed by atoms with Crippen LogP contribution in [0.4, 0.5) is 0 Å². The second-order valence-corrected chi connectivity index (χ2v) is 3.83. The van der Waals surface area contributed by atoms with Gasteiger partial charge in [0.25, 0.3) is 0 Å². The first-order valence-corrected chi connectivity index (χ1v) is 4.98. The molecule has 70 valence electrons. The Hall–Kier alpha value is -0.530. The molecule has 0 aromatic heterocycles. The van der Waals surface area contributed by atoms with E-state index in [0.29, 0.717) is 24.4 Å². The molecule has 0 spiro atoms. The molecule has 1 heterocycles. The van der Waals surface area contributed by atoms with E-state index in [1.54, 1.807) is 0 Å². The second-order valence-electron chi connectivity index (χ2n) is 3.83. The monoisotopic (exact) mass is 169 g/mol. The first-order valence-electron chi connectivity index (χ1n) is 4.98. The summed E-state index contributed by atoms with van der Waals surface area (Å²) in [6.45, 7) is 6.36. The molecule has 0 aromatic carbocycles. The summed E-state index contributed by atoms with van der Waals surface area (Å²) in [5.41, 5.74) is 0. The van der Waals surface area contributed by atoms with Gasteiger partial charge < -0.3 is 4.90 Å². The molecule has 12 heavy (non-hydrogen) atoms. The minimum atomic E-state index is 0.343. The molecule has 2 heteroatoms. The van der Waals surface area contributed by atoms with Crippen molar-refractivity contribution in [3.05, 3.63) is 0 Å². The van der Waals surface area contributed by atoms with Gasteiger partial charge in [0.05, 0.1) is 0 Å². The minimum absolute atomic E-state index is 0.343. The molecule has 0 saturated carbocycles. The molecule has 2 atom stereocenters. The lowest BCUT2D eigenvalue weighted by molar-refractivity contribution is -0.133. The van der Waals surface area contributed by atoms with Crippen LogP contribution in [-0.4, -0.2) is 22.9 Å². The number of rotatable bonds is 2. The summed E-state index contributed by atoms with van der Waals surface area (Å²) < 4.78 is 0. The normalized spacial score (nSPS) is 29.4. The SMILES string of the molecule is CCCC(=O)N1[C@H](C)CC[C@H]1C. The summed E-state index contributed by atoms with van der Waals surface area (Å²) in [4.78, 5) is 13.7. The standard InChI is InChI=1S/C10H19NO/c1-4-5-10(12)11-8(2)6-7-9(11)3/h8-9H,4-7H2,1-3H3/t8-,9-/m1/s1. The molecule has 0 aromatic rings. The molecule has 1 rings (SSSR count). The van der Waals surface area contributed by atoms with Crippen LogP contribution in [0.25, 0.3) is 0 Å². The maximum Gasteiger partial charge on any atom is 0.223 e. The van der Waals surface area contributed by atoms with Crippen molar-refractivity contribution in [2.45, 2.75) is 58.5 Å². The number of carbonyl (C=O) groups is 1. The van der Waals surface area contributed by atoms with Crippen molar-refractivity contribution in [3.8, 4) is 0 Å². The van der Waals surface area contributed by atoms with Gasteiger partial charge in [0, 0.05) is 18.5 Å². The van der Waals surface area contributed by atoms with Crippen LogP contribution >= 0.6 is 0 Å². The Morgan fingerprint density at radius 1 is 1.33 bits per heavy atom. The molecule has 0 N–H and O–H groups in total. The average molecular weight is 169 g/mol. The van der Waals surface area contributed by atoms with Gasteiger partial charge >= 0.3 is 0 Å². The van der Waals surface area contributed by atoms with E-state index < -0.39 is 0 Å². The van der Waals surface area contributed by atoms with Gasteiger partial charge in [0.2, 0.25) is 5.91 Å². The second kappa shape index (κ2) is 3.92. The van der Waals surface area contributed by atoms with Crippen LogP contribution in [0.1, 0.15) is 46.5 Å². The largest absolute Gasteiger partial charge is 0.337 e. The number of likely N-dealkylation sites (tertiary alicyclic amines) is 1. The smallest absolute Gasteiger partial charge is 0.223 e. The van der Waals surface area contributed by atoms with Crippen molar-refractivity contribution >= 4 is 5.91 Å². The van der Waals surface area contributed by atoms with Crippen molar-refractivity contribution in [3.63, 3.8) is 0 Å². The van der Waals surface area contributed by atoms with Crippen LogP contribution in [0, 0.1) is 0 Å². The van der Waals surface area contributed by atoms with Crippen LogP contribution in [0.15, 0.2) is 0 Å². The highest BCUT2D eigenvalue weighted by molar-refractivity contribution is 5.77. The van der Waals surface area contributed by atoms with E-state index in [9.17, 15) is 4.79 Å². The molecule has 1 aliphatic heterocycles. The highest BCUT2D eigenvalue weighted by Crippen LogP contribution is 2.24. The van der Waals surface area contributed by atoms with Crippen LogP contribution < -0.4 is 0 Å². The fourth-order valence-electron chi connectivity index (χ4n) is 2.03. The average Bonchev–Trinajstić information content (AvgIpc) is 2.32. The van der Waals surface area contributed by atoms with Crippen LogP contribution in [0.3, 0.4) is 0 Å². The van der Waals surface area contributed by atoms with E-state index >= 15 is 0 Å². The Bertz CT molecular complexity index is 157. The molecule has 1 amide bonds. The van der Waals surface area contributed by atoms with Crippen LogP contribution in [0.2, 0.25) is 0 Å². The number of hydrogen-bond donors (Lipinski definition) is 0. The van der Waals surface area contributed by atoms with E-state index in [-0.39, 0.29) is 0 Å². The van der Waals surface area contributed by atoms with E-state index in [4.69, 9.17) is 0 Å². The number of carbonyl (C=O) groups excluding carboxylic acids is 1. The van der Waals surface area contributed by atoms with E-state index in [1.807, 2.05) is 0 Å². The van der Waals surface area contributed by atoms with Crippen LogP contribution in [0.5, 0.6) is 0 Å². The van der Waals surface area contributed by atoms with E-state index in [1.165, 1.54) is 12.8 Å². The number of nitrogens with zero attached hydrogens (tertiary/aromatic N) is 1. The third-order valence-electron chi connectivity index (χ3n) is 2.70. The first kappa shape index (κ1) is 9.56. The molecule has 1 fully saturated rings. The molecule has 0 aliphatic carbocycles. The van der Waals surface area contributed by atoms with Crippen molar-refractivity contribution in [2.75, 3.05) is 0 Å². The van der Waals surface area contributed by atoms with Gasteiger partial charge in [-0.3, -0.25) is 4.79 Å². The Balaban J connectivity index is 2.53. The minimum Gasteiger partial charge on any atom is -0.337 e. The zero-order chi connectivity index (χ0) is 9.14. The molecule has 1 aliphatic rings. The highest BCUT2D eigenvalue weighted by Gasteiger charge is 2.30. The lowest BCUT2D eigenvalue weighted by Crippen LogP contribution is -2.38. The van der Waals surface area contributed by atoms with E-state index in [2.05, 4.69) is 25.7 Å². The van der Waals surface area contributed by atoms with Gasteiger partial charge in [0.15, 0.2) is 0 Å². The molecular formula is C10H19NO. The molecule has 2 nitrogen and oxygen atoms in total. The summed E-state index contributed by atoms with van der Waals surface area (Å²) >= 11 is 0. The van der Waals surface area contributed by atoms with Gasteiger partial charge in [-0.25, -0.2) is 0 Å². The fraction of sp³-hybridized carbons (Fsp3) is 0.900. The third kappa shape index (κ3) is 1.79. The summed E-state index contributed by atoms with van der Waals surface area (Å²) in [5.74, 6) is 0.343. The summed E-state index contributed by atoms with van der Waals surface area (Å²) in [6, 6.07) is 0.943. The Kier molecular flexibility index (Phi) is 3.12. The Morgan fingerprint density at radius 2 is 1.83 bits per heavy atom. The Labute approximate surface area is 74.9 Å². The van der Waals surface area contributed by atoms with Gasteiger partial charge in [-0.05, 0) is 33.1 Å². The van der Waals surface area contributed by atoms with Gasteiger partial charge in [-0.2, -0.15) is 0 Å². The lowest BCUT2D eigenvalue weighted by Gasteiger charge is -2.26. The van der Waals surface area contributed by atoms with Crippen molar-refractivity contribution in [1.82, 2.24) is 4.90 Å². The molecule has 0 unspecified atom stereocenters. The maximum absolute atomic E-state index is 11.6. The summed E-state index contributed by atoms with van der Waals surface area (Å²) in [5, 5.41) is 0. The van der Waals surface area contributed by atoms with Crippen molar-refractivity contribution in [2.24, 2.45) is 0 Å². The van der Waals surface area contributed by atoms with Gasteiger partial charge in [-0.15, -0.1) is 0 Å². The summed E-state index contributed by atoms with van der Waals surface area (Å²) in [7, 11) is 0. The first-order chi connectivity index (χ1) is 5.66. The molecule has 0 radical (unpaired) electrons. The molecule has 0 bridgehead atoms. The lowest BCUT2D eigenvalue weighted by atomic mass is 10.2. The molecule has 1 saturated heterocycles. The molecular weight excluding hydrogens is 150 g/mol. The highest BCUT2D eigenvalue weighted by atomic mass is 16.2. The summed E-state index contributed by atoms with van der Waals surface area (Å²) in [6.07, 6.45) is 4.04. The van der Waals surface area contributed by atoms with Crippen molar-refractivity contribution < 1.29 is 4.79 Å². The maximum atomic E-state index is 11.6. The fourth-order valence-corrected chi connectivity index (χ4v) is 2.03. The quantitative estimate of drug-likeness (QED) is 0.620. The topological polar surface area (TPSA) is 20.3 Å². The van der Waals surface area contributed by atoms with Crippen molar-refractivity contribution in [1.29, 1.82) is 0 Å². The number of amides is 1. The zero-order valence-electron chi connectivity index (χ0n) is 8.34. The van der Waals surface area contributed by atoms with Crippen LogP contribution in [-0.2, 0) is 4.79 Å². The number of hydrogen-bond acceptors (Lipinski definition) is 1. The predicted molar refractivity (Wildman–Crippen MR) is 49.9 cm³/mol. The zero-order valence-corrected chi connectivity index (χ0v) is 8.34. The van der Waals surface area contributed by atoms with E-state index in [0.717, 1.165) is 6.42 Å². The third-order valence-corrected chi connectivity index (χ3v) is 2.70. The van der Waals surface area contributed by atoms with Gasteiger partial charge in [0.1, 0.15) is 0 Å². The predicted octanol–water partition coefficient (Wildman–Crippen LogP) is 2.19. The Morgan fingerprint density at radius 3 is 2.25 bits per heavy atom.